The average Bonchev–Trinajstić information content (AvgIpc) is 2.47. The van der Waals surface area contributed by atoms with Gasteiger partial charge in [0, 0.05) is 45.0 Å². The summed E-state index contributed by atoms with van der Waals surface area (Å²) in [6, 6.07) is 0.656. The number of hydrogen-bond acceptors (Lipinski definition) is 4. The second-order valence-electron chi connectivity index (χ2n) is 6.24. The number of likely N-dealkylation sites (N-methyl/N-ethyl adjacent to an activating group) is 1. The van der Waals surface area contributed by atoms with Crippen LogP contribution in [0.3, 0.4) is 0 Å². The molecule has 2 rings (SSSR count). The molecule has 4 nitrogen and oxygen atoms in total. The summed E-state index contributed by atoms with van der Waals surface area (Å²) >= 11 is 2.14. The molecule has 0 aliphatic carbocycles. The molecule has 1 atom stereocenters. The van der Waals surface area contributed by atoms with Gasteiger partial charge in [0.05, 0.1) is 6.54 Å². The molecule has 0 aromatic carbocycles. The summed E-state index contributed by atoms with van der Waals surface area (Å²) in [5.41, 5.74) is 0. The molecule has 0 spiro atoms. The van der Waals surface area contributed by atoms with Crippen molar-refractivity contribution in [2.45, 2.75) is 43.4 Å². The van der Waals surface area contributed by atoms with Crippen LogP contribution in [0.4, 0.5) is 0 Å². The number of amides is 1. The van der Waals surface area contributed by atoms with E-state index in [0.29, 0.717) is 12.6 Å². The Kier molecular flexibility index (Phi) is 6.65. The van der Waals surface area contributed by atoms with E-state index >= 15 is 0 Å². The first kappa shape index (κ1) is 16.1. The molecule has 0 aromatic rings. The van der Waals surface area contributed by atoms with Crippen molar-refractivity contribution in [1.82, 2.24) is 15.1 Å². The molecule has 116 valence electrons. The summed E-state index contributed by atoms with van der Waals surface area (Å²) in [4.78, 5) is 15.7. The number of piperidine rings is 1. The molecule has 0 bridgehead atoms. The van der Waals surface area contributed by atoms with E-state index in [1.54, 1.807) is 4.90 Å². The van der Waals surface area contributed by atoms with Gasteiger partial charge in [-0.25, -0.2) is 0 Å². The predicted molar refractivity (Wildman–Crippen MR) is 86.3 cm³/mol. The van der Waals surface area contributed by atoms with Crippen LogP contribution in [0.5, 0.6) is 0 Å². The van der Waals surface area contributed by atoms with Crippen molar-refractivity contribution in [3.63, 3.8) is 0 Å². The van der Waals surface area contributed by atoms with Crippen LogP contribution < -0.4 is 5.32 Å². The van der Waals surface area contributed by atoms with Gasteiger partial charge in [0.2, 0.25) is 5.91 Å². The van der Waals surface area contributed by atoms with Crippen molar-refractivity contribution in [2.75, 3.05) is 46.0 Å². The van der Waals surface area contributed by atoms with Gasteiger partial charge in [0.15, 0.2) is 0 Å². The number of hydrogen-bond donors (Lipinski definition) is 1. The first-order valence-corrected chi connectivity index (χ1v) is 8.97. The van der Waals surface area contributed by atoms with E-state index in [-0.39, 0.29) is 5.91 Å². The van der Waals surface area contributed by atoms with Crippen molar-refractivity contribution < 1.29 is 4.79 Å². The summed E-state index contributed by atoms with van der Waals surface area (Å²) in [5.74, 6) is 1.56. The number of carbonyl (C=O) groups excluding carboxylic acids is 1. The van der Waals surface area contributed by atoms with Gasteiger partial charge >= 0.3 is 0 Å². The first-order chi connectivity index (χ1) is 9.65. The SMILES string of the molecule is CN(C)C(=O)CN1CCC(NCC2CCCCS2)CC1. The Morgan fingerprint density at radius 2 is 2.00 bits per heavy atom. The van der Waals surface area contributed by atoms with E-state index < -0.39 is 0 Å². The zero-order valence-electron chi connectivity index (χ0n) is 12.9. The van der Waals surface area contributed by atoms with Crippen molar-refractivity contribution in [2.24, 2.45) is 0 Å². The Morgan fingerprint density at radius 1 is 1.25 bits per heavy atom. The van der Waals surface area contributed by atoms with Crippen LogP contribution in [0.2, 0.25) is 0 Å². The normalized spacial score (nSPS) is 25.6. The zero-order chi connectivity index (χ0) is 14.4. The lowest BCUT2D eigenvalue weighted by Gasteiger charge is -2.33. The summed E-state index contributed by atoms with van der Waals surface area (Å²) in [6.07, 6.45) is 6.55. The number of carbonyl (C=O) groups is 1. The Morgan fingerprint density at radius 3 is 2.60 bits per heavy atom. The quantitative estimate of drug-likeness (QED) is 0.833. The molecular weight excluding hydrogens is 270 g/mol. The van der Waals surface area contributed by atoms with Gasteiger partial charge in [-0.15, -0.1) is 0 Å². The maximum Gasteiger partial charge on any atom is 0.236 e. The van der Waals surface area contributed by atoms with Crippen LogP contribution in [0.25, 0.3) is 0 Å². The van der Waals surface area contributed by atoms with Crippen LogP contribution in [-0.4, -0.2) is 73.0 Å². The Bertz CT molecular complexity index is 297. The number of likely N-dealkylation sites (tertiary alicyclic amines) is 1. The van der Waals surface area contributed by atoms with Crippen molar-refractivity contribution in [3.05, 3.63) is 0 Å². The number of rotatable bonds is 5. The highest BCUT2D eigenvalue weighted by atomic mass is 32.2. The minimum atomic E-state index is 0.218. The van der Waals surface area contributed by atoms with E-state index in [1.807, 2.05) is 14.1 Å². The molecule has 1 unspecified atom stereocenters. The maximum atomic E-state index is 11.7. The molecule has 0 aromatic heterocycles. The zero-order valence-corrected chi connectivity index (χ0v) is 13.8. The van der Waals surface area contributed by atoms with Gasteiger partial charge in [-0.05, 0) is 31.4 Å². The molecule has 20 heavy (non-hydrogen) atoms. The summed E-state index contributed by atoms with van der Waals surface area (Å²) < 4.78 is 0. The highest BCUT2D eigenvalue weighted by molar-refractivity contribution is 7.99. The Labute approximate surface area is 127 Å². The smallest absolute Gasteiger partial charge is 0.236 e. The fraction of sp³-hybridized carbons (Fsp3) is 0.933. The predicted octanol–water partition coefficient (Wildman–Crippen LogP) is 1.41. The lowest BCUT2D eigenvalue weighted by Crippen LogP contribution is -2.47. The standard InChI is InChI=1S/C15H29N3OS/c1-17(2)15(19)12-18-8-6-13(7-9-18)16-11-14-5-3-4-10-20-14/h13-14,16H,3-12H2,1-2H3. The minimum absolute atomic E-state index is 0.218. The summed E-state index contributed by atoms with van der Waals surface area (Å²) in [5, 5.41) is 4.58. The average molecular weight is 299 g/mol. The minimum Gasteiger partial charge on any atom is -0.348 e. The molecule has 0 radical (unpaired) electrons. The van der Waals surface area contributed by atoms with Crippen molar-refractivity contribution in [3.8, 4) is 0 Å². The fourth-order valence-corrected chi connectivity index (χ4v) is 4.15. The third-order valence-electron chi connectivity index (χ3n) is 4.35. The molecule has 1 N–H and O–H groups in total. The number of nitrogens with one attached hydrogen (secondary N) is 1. The van der Waals surface area contributed by atoms with E-state index in [9.17, 15) is 4.79 Å². The maximum absolute atomic E-state index is 11.7. The molecule has 1 amide bonds. The Hall–Kier alpha value is -0.260. The second kappa shape index (κ2) is 8.25. The van der Waals surface area contributed by atoms with Crippen LogP contribution >= 0.6 is 11.8 Å². The third kappa shape index (κ3) is 5.26. The van der Waals surface area contributed by atoms with Crippen LogP contribution in [0.15, 0.2) is 0 Å². The van der Waals surface area contributed by atoms with E-state index in [2.05, 4.69) is 22.0 Å². The second-order valence-corrected chi connectivity index (χ2v) is 7.64. The van der Waals surface area contributed by atoms with Crippen molar-refractivity contribution >= 4 is 17.7 Å². The van der Waals surface area contributed by atoms with E-state index in [1.165, 1.54) is 44.4 Å². The highest BCUT2D eigenvalue weighted by Gasteiger charge is 2.22. The van der Waals surface area contributed by atoms with Gasteiger partial charge in [0.25, 0.3) is 0 Å². The highest BCUT2D eigenvalue weighted by Crippen LogP contribution is 2.24. The first-order valence-electron chi connectivity index (χ1n) is 7.92. The van der Waals surface area contributed by atoms with Gasteiger partial charge in [-0.1, -0.05) is 6.42 Å². The molecule has 2 fully saturated rings. The van der Waals surface area contributed by atoms with Gasteiger partial charge < -0.3 is 10.2 Å². The summed E-state index contributed by atoms with van der Waals surface area (Å²) in [6.45, 7) is 3.86. The fourth-order valence-electron chi connectivity index (χ4n) is 2.89. The van der Waals surface area contributed by atoms with Crippen LogP contribution in [0.1, 0.15) is 32.1 Å². The summed E-state index contributed by atoms with van der Waals surface area (Å²) in [7, 11) is 3.66. The molecule has 2 saturated heterocycles. The molecular formula is C15H29N3OS. The van der Waals surface area contributed by atoms with Crippen LogP contribution in [-0.2, 0) is 4.79 Å². The van der Waals surface area contributed by atoms with Crippen molar-refractivity contribution in [1.29, 1.82) is 0 Å². The lowest BCUT2D eigenvalue weighted by atomic mass is 10.0. The molecule has 0 saturated carbocycles. The molecule has 2 aliphatic heterocycles. The van der Waals surface area contributed by atoms with Gasteiger partial charge in [-0.2, -0.15) is 11.8 Å². The monoisotopic (exact) mass is 299 g/mol. The number of nitrogens with zero attached hydrogens (tertiary/aromatic N) is 2. The van der Waals surface area contributed by atoms with E-state index in [0.717, 1.165) is 18.3 Å². The topological polar surface area (TPSA) is 35.6 Å². The largest absolute Gasteiger partial charge is 0.348 e. The molecule has 2 aliphatic rings. The van der Waals surface area contributed by atoms with Gasteiger partial charge in [0.1, 0.15) is 0 Å². The molecule has 2 heterocycles. The van der Waals surface area contributed by atoms with E-state index in [4.69, 9.17) is 0 Å². The van der Waals surface area contributed by atoms with Crippen LogP contribution in [0, 0.1) is 0 Å². The third-order valence-corrected chi connectivity index (χ3v) is 5.75. The van der Waals surface area contributed by atoms with Gasteiger partial charge in [-0.3, -0.25) is 9.69 Å². The molecule has 5 heteroatoms. The lowest BCUT2D eigenvalue weighted by molar-refractivity contribution is -0.130. The number of thioether (sulfide) groups is 1. The Balaban J connectivity index is 1.60.